The molecule has 1 aliphatic rings. The molecule has 1 aliphatic heterocycles. The molecule has 2 unspecified atom stereocenters. The molecule has 2 atom stereocenters. The topological polar surface area (TPSA) is 58.6 Å². The van der Waals surface area contributed by atoms with Crippen molar-refractivity contribution >= 4 is 17.5 Å². The zero-order chi connectivity index (χ0) is 15.6. The number of amides is 2. The minimum Gasteiger partial charge on any atom is -0.492 e. The van der Waals surface area contributed by atoms with E-state index in [-0.39, 0.29) is 17.7 Å². The fourth-order valence-electron chi connectivity index (χ4n) is 2.63. The lowest BCUT2D eigenvalue weighted by molar-refractivity contribution is -0.134. The molecule has 21 heavy (non-hydrogen) atoms. The first kappa shape index (κ1) is 15.4. The number of ether oxygens (including phenoxy) is 1. The molecule has 0 spiro atoms. The summed E-state index contributed by atoms with van der Waals surface area (Å²) in [5.74, 6) is 0.404. The van der Waals surface area contributed by atoms with E-state index in [1.165, 1.54) is 0 Å². The van der Waals surface area contributed by atoms with Crippen LogP contribution in [0, 0.1) is 5.92 Å². The summed E-state index contributed by atoms with van der Waals surface area (Å²) in [6.45, 7) is 7.97. The minimum atomic E-state index is -0.526. The number of carbonyl (C=O) groups is 2. The maximum Gasteiger partial charge on any atom is 0.250 e. The van der Waals surface area contributed by atoms with Crippen LogP contribution in [0.1, 0.15) is 27.7 Å². The highest BCUT2D eigenvalue weighted by atomic mass is 16.5. The first-order chi connectivity index (χ1) is 9.97. The van der Waals surface area contributed by atoms with Gasteiger partial charge in [0.2, 0.25) is 11.8 Å². The van der Waals surface area contributed by atoms with Gasteiger partial charge in [-0.25, -0.2) is 0 Å². The Kier molecular flexibility index (Phi) is 4.50. The van der Waals surface area contributed by atoms with Crippen LogP contribution in [0.4, 0.5) is 5.69 Å². The maximum absolute atomic E-state index is 12.6. The Balaban J connectivity index is 2.50. The second-order valence-electron chi connectivity index (χ2n) is 5.53. The van der Waals surface area contributed by atoms with Crippen LogP contribution in [-0.4, -0.2) is 30.5 Å². The number of carbonyl (C=O) groups excluding carboxylic acids is 2. The Morgan fingerprint density at radius 1 is 1.29 bits per heavy atom. The highest BCUT2D eigenvalue weighted by molar-refractivity contribution is 6.09. The number of hydrogen-bond acceptors (Lipinski definition) is 3. The Morgan fingerprint density at radius 2 is 1.95 bits per heavy atom. The molecule has 1 heterocycles. The Morgan fingerprint density at radius 3 is 2.57 bits per heavy atom. The van der Waals surface area contributed by atoms with E-state index in [9.17, 15) is 9.59 Å². The average Bonchev–Trinajstić information content (AvgIpc) is 2.43. The summed E-state index contributed by atoms with van der Waals surface area (Å²) in [6.07, 6.45) is 0. The number of para-hydroxylation sites is 2. The third-order valence-corrected chi connectivity index (χ3v) is 3.57. The molecule has 0 saturated carbocycles. The van der Waals surface area contributed by atoms with E-state index in [0.29, 0.717) is 18.0 Å². The van der Waals surface area contributed by atoms with E-state index >= 15 is 0 Å². The molecular weight excluding hydrogens is 268 g/mol. The van der Waals surface area contributed by atoms with Gasteiger partial charge >= 0.3 is 0 Å². The molecule has 2 rings (SSSR count). The molecule has 114 valence electrons. The number of nitrogens with zero attached hydrogens (tertiary/aromatic N) is 1. The van der Waals surface area contributed by atoms with E-state index < -0.39 is 12.1 Å². The van der Waals surface area contributed by atoms with Gasteiger partial charge in [-0.1, -0.05) is 26.0 Å². The second-order valence-corrected chi connectivity index (χ2v) is 5.53. The molecule has 2 amide bonds. The van der Waals surface area contributed by atoms with Crippen LogP contribution in [0.25, 0.3) is 0 Å². The van der Waals surface area contributed by atoms with Gasteiger partial charge in [-0.3, -0.25) is 14.5 Å². The van der Waals surface area contributed by atoms with Crippen molar-refractivity contribution in [3.05, 3.63) is 24.3 Å². The maximum atomic E-state index is 12.6. The van der Waals surface area contributed by atoms with E-state index in [1.54, 1.807) is 11.8 Å². The monoisotopic (exact) mass is 290 g/mol. The van der Waals surface area contributed by atoms with E-state index in [0.717, 1.165) is 0 Å². The summed E-state index contributed by atoms with van der Waals surface area (Å²) in [6, 6.07) is 6.30. The third-order valence-electron chi connectivity index (χ3n) is 3.57. The predicted octanol–water partition coefficient (Wildman–Crippen LogP) is 1.96. The Labute approximate surface area is 125 Å². The van der Waals surface area contributed by atoms with Crippen molar-refractivity contribution in [2.45, 2.75) is 39.8 Å². The highest BCUT2D eigenvalue weighted by Crippen LogP contribution is 2.33. The van der Waals surface area contributed by atoms with Crippen molar-refractivity contribution in [1.82, 2.24) is 5.32 Å². The van der Waals surface area contributed by atoms with Crippen LogP contribution in [0.5, 0.6) is 5.75 Å². The van der Waals surface area contributed by atoms with Crippen LogP contribution in [0.3, 0.4) is 0 Å². The standard InChI is InChI=1S/C16H22N2O3/c1-5-21-13-9-7-6-8-12(13)18-14(10(2)3)15(19)17-11(4)16(18)20/h6-11,14H,5H2,1-4H3,(H,17,19). The van der Waals surface area contributed by atoms with Gasteiger partial charge < -0.3 is 10.1 Å². The number of benzene rings is 1. The second kappa shape index (κ2) is 6.16. The van der Waals surface area contributed by atoms with Gasteiger partial charge in [0.25, 0.3) is 0 Å². The van der Waals surface area contributed by atoms with Crippen molar-refractivity contribution in [1.29, 1.82) is 0 Å². The largest absolute Gasteiger partial charge is 0.492 e. The Bertz CT molecular complexity index is 542. The summed E-state index contributed by atoms with van der Waals surface area (Å²) in [5.41, 5.74) is 0.657. The van der Waals surface area contributed by atoms with Crippen LogP contribution >= 0.6 is 0 Å². The van der Waals surface area contributed by atoms with E-state index in [1.807, 2.05) is 45.0 Å². The quantitative estimate of drug-likeness (QED) is 0.922. The first-order valence-electron chi connectivity index (χ1n) is 7.32. The molecule has 1 fully saturated rings. The lowest BCUT2D eigenvalue weighted by Gasteiger charge is -2.40. The van der Waals surface area contributed by atoms with Crippen molar-refractivity contribution in [3.8, 4) is 5.75 Å². The number of anilines is 1. The van der Waals surface area contributed by atoms with E-state index in [4.69, 9.17) is 4.74 Å². The molecule has 0 aliphatic carbocycles. The minimum absolute atomic E-state index is 0.0103. The van der Waals surface area contributed by atoms with E-state index in [2.05, 4.69) is 5.32 Å². The number of nitrogens with one attached hydrogen (secondary N) is 1. The Hall–Kier alpha value is -2.04. The zero-order valence-electron chi connectivity index (χ0n) is 12.9. The number of hydrogen-bond donors (Lipinski definition) is 1. The van der Waals surface area contributed by atoms with Gasteiger partial charge in [0.05, 0.1) is 12.3 Å². The molecule has 5 nitrogen and oxygen atoms in total. The molecule has 5 heteroatoms. The van der Waals surface area contributed by atoms with Gasteiger partial charge in [0.15, 0.2) is 0 Å². The molecule has 1 aromatic carbocycles. The smallest absolute Gasteiger partial charge is 0.250 e. The van der Waals surface area contributed by atoms with Crippen LogP contribution < -0.4 is 15.0 Å². The van der Waals surface area contributed by atoms with Crippen LogP contribution in [0.2, 0.25) is 0 Å². The van der Waals surface area contributed by atoms with Crippen LogP contribution in [0.15, 0.2) is 24.3 Å². The van der Waals surface area contributed by atoms with Gasteiger partial charge in [-0.15, -0.1) is 0 Å². The molecule has 0 aromatic heterocycles. The third kappa shape index (κ3) is 2.86. The van der Waals surface area contributed by atoms with Gasteiger partial charge in [-0.2, -0.15) is 0 Å². The number of piperazine rings is 1. The fourth-order valence-corrected chi connectivity index (χ4v) is 2.63. The SMILES string of the molecule is CCOc1ccccc1N1C(=O)C(C)NC(=O)C1C(C)C. The summed E-state index contributed by atoms with van der Waals surface area (Å²) >= 11 is 0. The van der Waals surface area contributed by atoms with Crippen molar-refractivity contribution in [3.63, 3.8) is 0 Å². The molecule has 0 bridgehead atoms. The molecule has 0 radical (unpaired) electrons. The van der Waals surface area contributed by atoms with Gasteiger partial charge in [-0.05, 0) is 31.9 Å². The fraction of sp³-hybridized carbons (Fsp3) is 0.500. The lowest BCUT2D eigenvalue weighted by Crippen LogP contribution is -2.64. The molecule has 1 aromatic rings. The van der Waals surface area contributed by atoms with Crippen LogP contribution in [-0.2, 0) is 9.59 Å². The zero-order valence-corrected chi connectivity index (χ0v) is 12.9. The lowest BCUT2D eigenvalue weighted by atomic mass is 9.96. The predicted molar refractivity (Wildman–Crippen MR) is 81.3 cm³/mol. The average molecular weight is 290 g/mol. The van der Waals surface area contributed by atoms with Crippen molar-refractivity contribution in [2.24, 2.45) is 5.92 Å². The normalized spacial score (nSPS) is 22.4. The van der Waals surface area contributed by atoms with Crippen molar-refractivity contribution < 1.29 is 14.3 Å². The highest BCUT2D eigenvalue weighted by Gasteiger charge is 2.42. The molecule has 1 N–H and O–H groups in total. The summed E-state index contributed by atoms with van der Waals surface area (Å²) < 4.78 is 5.61. The first-order valence-corrected chi connectivity index (χ1v) is 7.32. The molecule has 1 saturated heterocycles. The van der Waals surface area contributed by atoms with Gasteiger partial charge in [0.1, 0.15) is 17.8 Å². The summed E-state index contributed by atoms with van der Waals surface area (Å²) in [5, 5.41) is 2.74. The summed E-state index contributed by atoms with van der Waals surface area (Å²) in [4.78, 5) is 26.5. The summed E-state index contributed by atoms with van der Waals surface area (Å²) in [7, 11) is 0. The van der Waals surface area contributed by atoms with Gasteiger partial charge in [0, 0.05) is 0 Å². The molecular formula is C16H22N2O3. The number of rotatable bonds is 4. The van der Waals surface area contributed by atoms with Crippen molar-refractivity contribution in [2.75, 3.05) is 11.5 Å².